The molecule has 0 bridgehead atoms. The van der Waals surface area contributed by atoms with Gasteiger partial charge in [-0.15, -0.1) is 0 Å². The zero-order chi connectivity index (χ0) is 19.7. The van der Waals surface area contributed by atoms with Crippen LogP contribution in [-0.2, 0) is 12.8 Å². The van der Waals surface area contributed by atoms with E-state index in [1.807, 2.05) is 0 Å². The molecule has 1 aromatic rings. The summed E-state index contributed by atoms with van der Waals surface area (Å²) >= 11 is 0. The Labute approximate surface area is 163 Å². The lowest BCUT2D eigenvalue weighted by molar-refractivity contribution is 0.155. The van der Waals surface area contributed by atoms with Gasteiger partial charge in [-0.25, -0.2) is 0 Å². The minimum absolute atomic E-state index is 0.369. The summed E-state index contributed by atoms with van der Waals surface area (Å²) in [6.07, 6.45) is 5.23. The summed E-state index contributed by atoms with van der Waals surface area (Å²) in [6.45, 7) is 21.0. The number of rotatable bonds is 12. The third kappa shape index (κ3) is 7.53. The van der Waals surface area contributed by atoms with E-state index in [9.17, 15) is 0 Å². The number of hydrogen-bond donors (Lipinski definition) is 1. The first kappa shape index (κ1) is 22.8. The van der Waals surface area contributed by atoms with Gasteiger partial charge in [0.25, 0.3) is 0 Å². The maximum atomic E-state index is 3.75. The Hall–Kier alpha value is -1.28. The second-order valence-electron chi connectivity index (χ2n) is 9.08. The van der Waals surface area contributed by atoms with E-state index in [0.717, 1.165) is 32.5 Å². The van der Waals surface area contributed by atoms with E-state index in [4.69, 9.17) is 0 Å². The topological polar surface area (TPSA) is 15.3 Å². The molecule has 0 heterocycles. The lowest BCUT2D eigenvalue weighted by Gasteiger charge is -2.34. The predicted octanol–water partition coefficient (Wildman–Crippen LogP) is 5.63. The van der Waals surface area contributed by atoms with Crippen LogP contribution in [0.5, 0.6) is 0 Å². The van der Waals surface area contributed by atoms with Gasteiger partial charge in [0, 0.05) is 13.1 Å². The van der Waals surface area contributed by atoms with Crippen LogP contribution in [0.1, 0.15) is 70.6 Å². The van der Waals surface area contributed by atoms with E-state index in [0.29, 0.717) is 17.3 Å². The fourth-order valence-corrected chi connectivity index (χ4v) is 3.29. The molecular weight excluding hydrogens is 316 g/mol. The SMILES string of the molecule is C=CNCCc1ccc(C(C)C)cc1CCCN(C)CC(C)(C)C(C)C. The van der Waals surface area contributed by atoms with Gasteiger partial charge in [-0.05, 0) is 73.0 Å². The van der Waals surface area contributed by atoms with Crippen LogP contribution in [0.3, 0.4) is 0 Å². The van der Waals surface area contributed by atoms with Crippen molar-refractivity contribution in [2.75, 3.05) is 26.7 Å². The van der Waals surface area contributed by atoms with Crippen LogP contribution in [0.4, 0.5) is 0 Å². The third-order valence-electron chi connectivity index (χ3n) is 5.81. The van der Waals surface area contributed by atoms with Crippen molar-refractivity contribution in [2.45, 2.75) is 66.7 Å². The minimum atomic E-state index is 0.369. The molecule has 0 unspecified atom stereocenters. The Morgan fingerprint density at radius 3 is 2.38 bits per heavy atom. The Morgan fingerprint density at radius 2 is 1.81 bits per heavy atom. The van der Waals surface area contributed by atoms with Crippen LogP contribution in [0, 0.1) is 11.3 Å². The first-order valence-electron chi connectivity index (χ1n) is 10.3. The summed E-state index contributed by atoms with van der Waals surface area (Å²) in [5, 5.41) is 3.23. The standard InChI is InChI=1S/C24H42N2/c1-9-25-15-14-21-12-13-22(19(2)3)17-23(21)11-10-16-26(8)18-24(6,7)20(4)5/h9,12-13,17,19-20,25H,1,10-11,14-16,18H2,2-8H3. The molecule has 0 atom stereocenters. The Bertz CT molecular complexity index is 543. The Kier molecular flexibility index (Phi) is 9.43. The smallest absolute Gasteiger partial charge is 0.0181 e. The average molecular weight is 359 g/mol. The van der Waals surface area contributed by atoms with E-state index in [2.05, 4.69) is 83.6 Å². The summed E-state index contributed by atoms with van der Waals surface area (Å²) < 4.78 is 0. The van der Waals surface area contributed by atoms with Crippen molar-refractivity contribution < 1.29 is 0 Å². The first-order chi connectivity index (χ1) is 12.2. The summed E-state index contributed by atoms with van der Waals surface area (Å²) in [7, 11) is 2.27. The highest BCUT2D eigenvalue weighted by molar-refractivity contribution is 5.34. The monoisotopic (exact) mass is 358 g/mol. The quantitative estimate of drug-likeness (QED) is 0.487. The molecule has 0 saturated carbocycles. The van der Waals surface area contributed by atoms with Crippen LogP contribution in [0.25, 0.3) is 0 Å². The molecule has 1 N–H and O–H groups in total. The van der Waals surface area contributed by atoms with E-state index < -0.39 is 0 Å². The fraction of sp³-hybridized carbons (Fsp3) is 0.667. The highest BCUT2D eigenvalue weighted by atomic mass is 15.1. The largest absolute Gasteiger partial charge is 0.391 e. The first-order valence-corrected chi connectivity index (χ1v) is 10.3. The molecule has 1 aromatic carbocycles. The van der Waals surface area contributed by atoms with Crippen molar-refractivity contribution >= 4 is 0 Å². The van der Waals surface area contributed by atoms with Gasteiger partial charge in [-0.2, -0.15) is 0 Å². The number of benzene rings is 1. The normalized spacial score (nSPS) is 12.2. The molecule has 0 aliphatic heterocycles. The van der Waals surface area contributed by atoms with Gasteiger partial charge < -0.3 is 10.2 Å². The summed E-state index contributed by atoms with van der Waals surface area (Å²) in [4.78, 5) is 2.51. The molecule has 0 aromatic heterocycles. The van der Waals surface area contributed by atoms with E-state index >= 15 is 0 Å². The molecule has 2 heteroatoms. The van der Waals surface area contributed by atoms with E-state index in [1.54, 1.807) is 6.20 Å². The Morgan fingerprint density at radius 1 is 1.12 bits per heavy atom. The number of aryl methyl sites for hydroxylation is 1. The molecule has 0 fully saturated rings. The van der Waals surface area contributed by atoms with Crippen LogP contribution in [0.15, 0.2) is 31.0 Å². The zero-order valence-corrected chi connectivity index (χ0v) is 18.4. The molecule has 2 nitrogen and oxygen atoms in total. The molecule has 0 spiro atoms. The fourth-order valence-electron chi connectivity index (χ4n) is 3.29. The molecule has 1 rings (SSSR count). The molecule has 0 amide bonds. The summed E-state index contributed by atoms with van der Waals surface area (Å²) in [5.74, 6) is 1.29. The van der Waals surface area contributed by atoms with Crippen LogP contribution < -0.4 is 5.32 Å². The number of nitrogens with one attached hydrogen (secondary N) is 1. The van der Waals surface area contributed by atoms with Gasteiger partial charge >= 0.3 is 0 Å². The minimum Gasteiger partial charge on any atom is -0.391 e. The molecule has 0 saturated heterocycles. The maximum absolute atomic E-state index is 3.75. The maximum Gasteiger partial charge on any atom is 0.0181 e. The van der Waals surface area contributed by atoms with Crippen molar-refractivity contribution in [3.8, 4) is 0 Å². The van der Waals surface area contributed by atoms with Gasteiger partial charge in [0.15, 0.2) is 0 Å². The lowest BCUT2D eigenvalue weighted by Crippen LogP contribution is -2.35. The second kappa shape index (κ2) is 10.8. The molecule has 0 radical (unpaired) electrons. The molecule has 26 heavy (non-hydrogen) atoms. The van der Waals surface area contributed by atoms with Crippen molar-refractivity contribution in [3.05, 3.63) is 47.7 Å². The van der Waals surface area contributed by atoms with E-state index in [-0.39, 0.29) is 0 Å². The summed E-state index contributed by atoms with van der Waals surface area (Å²) in [6, 6.07) is 7.07. The highest BCUT2D eigenvalue weighted by Gasteiger charge is 2.23. The van der Waals surface area contributed by atoms with Gasteiger partial charge in [-0.1, -0.05) is 66.3 Å². The van der Waals surface area contributed by atoms with Crippen LogP contribution >= 0.6 is 0 Å². The third-order valence-corrected chi connectivity index (χ3v) is 5.81. The predicted molar refractivity (Wildman–Crippen MR) is 117 cm³/mol. The zero-order valence-electron chi connectivity index (χ0n) is 18.4. The van der Waals surface area contributed by atoms with Crippen molar-refractivity contribution in [3.63, 3.8) is 0 Å². The van der Waals surface area contributed by atoms with Crippen molar-refractivity contribution in [1.82, 2.24) is 10.2 Å². The second-order valence-corrected chi connectivity index (χ2v) is 9.08. The van der Waals surface area contributed by atoms with Crippen molar-refractivity contribution in [2.24, 2.45) is 11.3 Å². The summed E-state index contributed by atoms with van der Waals surface area (Å²) in [5.41, 5.74) is 4.83. The highest BCUT2D eigenvalue weighted by Crippen LogP contribution is 2.27. The van der Waals surface area contributed by atoms with Crippen LogP contribution in [-0.4, -0.2) is 31.6 Å². The lowest BCUT2D eigenvalue weighted by atomic mass is 9.81. The van der Waals surface area contributed by atoms with E-state index in [1.165, 1.54) is 23.1 Å². The average Bonchev–Trinajstić information content (AvgIpc) is 2.55. The Balaban J connectivity index is 2.68. The van der Waals surface area contributed by atoms with Gasteiger partial charge in [-0.3, -0.25) is 0 Å². The van der Waals surface area contributed by atoms with Gasteiger partial charge in [0.1, 0.15) is 0 Å². The molecule has 0 aliphatic carbocycles. The van der Waals surface area contributed by atoms with Gasteiger partial charge in [0.2, 0.25) is 0 Å². The molecular formula is C24H42N2. The number of nitrogens with zero attached hydrogens (tertiary/aromatic N) is 1. The van der Waals surface area contributed by atoms with Crippen LogP contribution in [0.2, 0.25) is 0 Å². The van der Waals surface area contributed by atoms with Gasteiger partial charge in [0.05, 0.1) is 0 Å². The van der Waals surface area contributed by atoms with Crippen molar-refractivity contribution in [1.29, 1.82) is 0 Å². The number of hydrogen-bond acceptors (Lipinski definition) is 2. The molecule has 0 aliphatic rings. The molecule has 148 valence electrons.